The number of hydrogen-bond acceptors (Lipinski definition) is 4. The summed E-state index contributed by atoms with van der Waals surface area (Å²) in [7, 11) is 3.58. The fourth-order valence-corrected chi connectivity index (χ4v) is 2.21. The molecule has 0 aliphatic heterocycles. The highest BCUT2D eigenvalue weighted by Gasteiger charge is 2.19. The SMILES string of the molecule is CNC(c1ccc(C)cc1OC)c1cccnc1N. The van der Waals surface area contributed by atoms with E-state index in [9.17, 15) is 0 Å². The Morgan fingerprint density at radius 1 is 1.26 bits per heavy atom. The fraction of sp³-hybridized carbons (Fsp3) is 0.267. The van der Waals surface area contributed by atoms with Crippen LogP contribution in [0, 0.1) is 6.92 Å². The Labute approximate surface area is 113 Å². The van der Waals surface area contributed by atoms with Crippen LogP contribution in [-0.2, 0) is 0 Å². The van der Waals surface area contributed by atoms with Crippen LogP contribution in [0.25, 0.3) is 0 Å². The minimum absolute atomic E-state index is 0.0377. The summed E-state index contributed by atoms with van der Waals surface area (Å²) in [5.74, 6) is 1.38. The van der Waals surface area contributed by atoms with Gasteiger partial charge in [0.15, 0.2) is 0 Å². The van der Waals surface area contributed by atoms with Crippen LogP contribution in [-0.4, -0.2) is 19.1 Å². The minimum Gasteiger partial charge on any atom is -0.496 e. The summed E-state index contributed by atoms with van der Waals surface area (Å²) in [5.41, 5.74) is 9.13. The number of aromatic nitrogens is 1. The van der Waals surface area contributed by atoms with Gasteiger partial charge in [0, 0.05) is 17.3 Å². The standard InChI is InChI=1S/C15H19N3O/c1-10-6-7-11(13(9-10)19-3)14(17-2)12-5-4-8-18-15(12)16/h4-9,14,17H,1-3H3,(H2,16,18). The van der Waals surface area contributed by atoms with Gasteiger partial charge in [0.25, 0.3) is 0 Å². The van der Waals surface area contributed by atoms with Gasteiger partial charge in [0.2, 0.25) is 0 Å². The van der Waals surface area contributed by atoms with E-state index in [1.54, 1.807) is 13.3 Å². The van der Waals surface area contributed by atoms with E-state index in [1.807, 2.05) is 32.2 Å². The first-order valence-corrected chi connectivity index (χ1v) is 6.19. The van der Waals surface area contributed by atoms with Crippen molar-refractivity contribution in [2.45, 2.75) is 13.0 Å². The molecule has 2 aromatic rings. The third-order valence-corrected chi connectivity index (χ3v) is 3.17. The molecule has 1 aromatic heterocycles. The minimum atomic E-state index is -0.0377. The van der Waals surface area contributed by atoms with Gasteiger partial charge in [-0.05, 0) is 31.7 Å². The summed E-state index contributed by atoms with van der Waals surface area (Å²) in [6.07, 6.45) is 1.69. The molecule has 0 bridgehead atoms. The Morgan fingerprint density at radius 2 is 2.05 bits per heavy atom. The van der Waals surface area contributed by atoms with Crippen LogP contribution in [0.4, 0.5) is 5.82 Å². The molecule has 0 fully saturated rings. The van der Waals surface area contributed by atoms with Crippen molar-refractivity contribution < 1.29 is 4.74 Å². The van der Waals surface area contributed by atoms with Crippen molar-refractivity contribution in [2.24, 2.45) is 0 Å². The number of aryl methyl sites for hydroxylation is 1. The molecule has 1 unspecified atom stereocenters. The highest BCUT2D eigenvalue weighted by atomic mass is 16.5. The van der Waals surface area contributed by atoms with Gasteiger partial charge in [-0.2, -0.15) is 0 Å². The average molecular weight is 257 g/mol. The largest absolute Gasteiger partial charge is 0.496 e. The van der Waals surface area contributed by atoms with Crippen LogP contribution in [0.3, 0.4) is 0 Å². The zero-order valence-electron chi connectivity index (χ0n) is 11.5. The third-order valence-electron chi connectivity index (χ3n) is 3.17. The summed E-state index contributed by atoms with van der Waals surface area (Å²) in [5, 5.41) is 3.27. The maximum atomic E-state index is 5.96. The number of anilines is 1. The number of benzene rings is 1. The molecule has 0 aliphatic rings. The van der Waals surface area contributed by atoms with Crippen LogP contribution in [0.15, 0.2) is 36.5 Å². The Morgan fingerprint density at radius 3 is 2.68 bits per heavy atom. The summed E-state index contributed by atoms with van der Waals surface area (Å²) >= 11 is 0. The van der Waals surface area contributed by atoms with Gasteiger partial charge < -0.3 is 15.8 Å². The molecule has 1 atom stereocenters. The zero-order valence-corrected chi connectivity index (χ0v) is 11.5. The summed E-state index contributed by atoms with van der Waals surface area (Å²) in [6, 6.07) is 9.96. The maximum Gasteiger partial charge on any atom is 0.128 e. The van der Waals surface area contributed by atoms with Gasteiger partial charge in [-0.25, -0.2) is 4.98 Å². The molecule has 0 saturated heterocycles. The predicted molar refractivity (Wildman–Crippen MR) is 77.3 cm³/mol. The number of hydrogen-bond donors (Lipinski definition) is 2. The number of nitrogens with one attached hydrogen (secondary N) is 1. The smallest absolute Gasteiger partial charge is 0.128 e. The van der Waals surface area contributed by atoms with Crippen LogP contribution in [0.5, 0.6) is 5.75 Å². The Kier molecular flexibility index (Phi) is 4.02. The van der Waals surface area contributed by atoms with Crippen LogP contribution in [0.2, 0.25) is 0 Å². The van der Waals surface area contributed by atoms with E-state index in [2.05, 4.69) is 22.4 Å². The van der Waals surface area contributed by atoms with E-state index in [0.29, 0.717) is 5.82 Å². The second-order valence-electron chi connectivity index (χ2n) is 4.44. The molecule has 0 saturated carbocycles. The lowest BCUT2D eigenvalue weighted by Gasteiger charge is -2.21. The summed E-state index contributed by atoms with van der Waals surface area (Å²) in [4.78, 5) is 4.14. The Bertz CT molecular complexity index is 569. The van der Waals surface area contributed by atoms with Crippen molar-refractivity contribution in [2.75, 3.05) is 19.9 Å². The number of methoxy groups -OCH3 is 1. The van der Waals surface area contributed by atoms with E-state index in [1.165, 1.54) is 0 Å². The van der Waals surface area contributed by atoms with Gasteiger partial charge in [0.05, 0.1) is 13.2 Å². The molecule has 0 spiro atoms. The molecule has 0 radical (unpaired) electrons. The zero-order chi connectivity index (χ0) is 13.8. The molecule has 0 aliphatic carbocycles. The second-order valence-corrected chi connectivity index (χ2v) is 4.44. The van der Waals surface area contributed by atoms with Crippen LogP contribution < -0.4 is 15.8 Å². The molecule has 100 valence electrons. The number of nitrogens with zero attached hydrogens (tertiary/aromatic N) is 1. The van der Waals surface area contributed by atoms with E-state index >= 15 is 0 Å². The van der Waals surface area contributed by atoms with Crippen LogP contribution in [0.1, 0.15) is 22.7 Å². The number of pyridine rings is 1. The second kappa shape index (κ2) is 5.71. The topological polar surface area (TPSA) is 60.2 Å². The van der Waals surface area contributed by atoms with Crippen molar-refractivity contribution in [3.63, 3.8) is 0 Å². The first-order chi connectivity index (χ1) is 9.17. The van der Waals surface area contributed by atoms with E-state index < -0.39 is 0 Å². The highest BCUT2D eigenvalue weighted by molar-refractivity contribution is 5.50. The Hall–Kier alpha value is -2.07. The molecular weight excluding hydrogens is 238 g/mol. The monoisotopic (exact) mass is 257 g/mol. The maximum absolute atomic E-state index is 5.96. The Balaban J connectivity index is 2.51. The average Bonchev–Trinajstić information content (AvgIpc) is 2.43. The number of ether oxygens (including phenoxy) is 1. The van der Waals surface area contributed by atoms with E-state index in [4.69, 9.17) is 10.5 Å². The highest BCUT2D eigenvalue weighted by Crippen LogP contribution is 2.32. The van der Waals surface area contributed by atoms with Crippen LogP contribution >= 0.6 is 0 Å². The summed E-state index contributed by atoms with van der Waals surface area (Å²) in [6.45, 7) is 2.04. The van der Waals surface area contributed by atoms with Crippen molar-refractivity contribution >= 4 is 5.82 Å². The lowest BCUT2D eigenvalue weighted by molar-refractivity contribution is 0.405. The molecular formula is C15H19N3O. The van der Waals surface area contributed by atoms with Gasteiger partial charge in [-0.3, -0.25) is 0 Å². The normalized spacial score (nSPS) is 12.2. The molecule has 1 heterocycles. The van der Waals surface area contributed by atoms with Crippen molar-refractivity contribution in [1.82, 2.24) is 10.3 Å². The number of rotatable bonds is 4. The van der Waals surface area contributed by atoms with E-state index in [0.717, 1.165) is 22.4 Å². The van der Waals surface area contributed by atoms with Crippen molar-refractivity contribution in [3.8, 4) is 5.75 Å². The first kappa shape index (κ1) is 13.4. The number of nitrogen functional groups attached to an aromatic ring is 1. The van der Waals surface area contributed by atoms with Gasteiger partial charge >= 0.3 is 0 Å². The quantitative estimate of drug-likeness (QED) is 0.882. The van der Waals surface area contributed by atoms with Gasteiger partial charge in [-0.1, -0.05) is 18.2 Å². The molecule has 4 heteroatoms. The molecule has 4 nitrogen and oxygen atoms in total. The first-order valence-electron chi connectivity index (χ1n) is 6.19. The molecule has 3 N–H and O–H groups in total. The lowest BCUT2D eigenvalue weighted by Crippen LogP contribution is -2.20. The molecule has 0 amide bonds. The third kappa shape index (κ3) is 2.69. The summed E-state index contributed by atoms with van der Waals surface area (Å²) < 4.78 is 5.47. The van der Waals surface area contributed by atoms with Crippen molar-refractivity contribution in [3.05, 3.63) is 53.2 Å². The lowest BCUT2D eigenvalue weighted by atomic mass is 9.97. The number of nitrogens with two attached hydrogens (primary N) is 1. The molecule has 2 rings (SSSR count). The van der Waals surface area contributed by atoms with E-state index in [-0.39, 0.29) is 6.04 Å². The fourth-order valence-electron chi connectivity index (χ4n) is 2.21. The van der Waals surface area contributed by atoms with Gasteiger partial charge in [-0.15, -0.1) is 0 Å². The predicted octanol–water partition coefficient (Wildman–Crippen LogP) is 2.29. The van der Waals surface area contributed by atoms with Crippen molar-refractivity contribution in [1.29, 1.82) is 0 Å². The molecule has 1 aromatic carbocycles. The molecule has 19 heavy (non-hydrogen) atoms. The van der Waals surface area contributed by atoms with Gasteiger partial charge in [0.1, 0.15) is 11.6 Å².